The van der Waals surface area contributed by atoms with Gasteiger partial charge in [0.25, 0.3) is 0 Å². The number of hydrogen-bond acceptors (Lipinski definition) is 3. The molecule has 0 bridgehead atoms. The van der Waals surface area contributed by atoms with Crippen LogP contribution in [0, 0.1) is 5.92 Å². The molecule has 1 saturated heterocycles. The summed E-state index contributed by atoms with van der Waals surface area (Å²) in [6.45, 7) is 5.18. The van der Waals surface area contributed by atoms with Crippen LogP contribution >= 0.6 is 0 Å². The van der Waals surface area contributed by atoms with Crippen LogP contribution in [0.15, 0.2) is 24.3 Å². The van der Waals surface area contributed by atoms with Crippen LogP contribution in [0.5, 0.6) is 5.75 Å². The molecule has 1 aromatic rings. The molecule has 116 valence electrons. The number of carbonyl (C=O) groups excluding carboxylic acids is 1. The smallest absolute Gasteiger partial charge is 0.130 e. The first-order valence-corrected chi connectivity index (χ1v) is 8.02. The average Bonchev–Trinajstić information content (AvgIpc) is 2.49. The fraction of sp³-hybridized carbons (Fsp3) is 0.611. The fourth-order valence-electron chi connectivity index (χ4n) is 3.12. The van der Waals surface area contributed by atoms with Gasteiger partial charge in [-0.3, -0.25) is 0 Å². The van der Waals surface area contributed by atoms with Gasteiger partial charge in [0.1, 0.15) is 11.5 Å². The molecule has 0 spiro atoms. The SMILES string of the molecule is COc1ccc(CCCN2CCC(CC(C)=O)CC2)cc1. The molecule has 1 aliphatic heterocycles. The highest BCUT2D eigenvalue weighted by atomic mass is 16.5. The predicted molar refractivity (Wildman–Crippen MR) is 85.8 cm³/mol. The molecule has 1 heterocycles. The lowest BCUT2D eigenvalue weighted by atomic mass is 9.92. The fourth-order valence-corrected chi connectivity index (χ4v) is 3.12. The average molecular weight is 289 g/mol. The number of likely N-dealkylation sites (tertiary alicyclic amines) is 1. The van der Waals surface area contributed by atoms with Gasteiger partial charge >= 0.3 is 0 Å². The van der Waals surface area contributed by atoms with Crippen molar-refractivity contribution < 1.29 is 9.53 Å². The number of carbonyl (C=O) groups is 1. The molecular formula is C18H27NO2. The molecular weight excluding hydrogens is 262 g/mol. The third-order valence-corrected chi connectivity index (χ3v) is 4.38. The summed E-state index contributed by atoms with van der Waals surface area (Å²) in [5.74, 6) is 1.89. The van der Waals surface area contributed by atoms with Gasteiger partial charge in [0.15, 0.2) is 0 Å². The van der Waals surface area contributed by atoms with Gasteiger partial charge in [0.05, 0.1) is 7.11 Å². The van der Waals surface area contributed by atoms with Crippen LogP contribution in [0.1, 0.15) is 38.2 Å². The van der Waals surface area contributed by atoms with E-state index in [1.54, 1.807) is 14.0 Å². The predicted octanol–water partition coefficient (Wildman–Crippen LogP) is 3.32. The van der Waals surface area contributed by atoms with Crippen molar-refractivity contribution in [2.45, 2.75) is 39.0 Å². The minimum Gasteiger partial charge on any atom is -0.497 e. The number of methoxy groups -OCH3 is 1. The highest BCUT2D eigenvalue weighted by Crippen LogP contribution is 2.21. The Balaban J connectivity index is 1.64. The number of rotatable bonds is 7. The summed E-state index contributed by atoms with van der Waals surface area (Å²) in [6.07, 6.45) is 5.46. The van der Waals surface area contributed by atoms with Crippen molar-refractivity contribution in [1.29, 1.82) is 0 Å². The highest BCUT2D eigenvalue weighted by Gasteiger charge is 2.19. The van der Waals surface area contributed by atoms with Gasteiger partial charge in [-0.15, -0.1) is 0 Å². The van der Waals surface area contributed by atoms with E-state index in [9.17, 15) is 4.79 Å². The molecule has 0 aliphatic carbocycles. The normalized spacial score (nSPS) is 16.9. The Kier molecular flexibility index (Phi) is 6.24. The van der Waals surface area contributed by atoms with E-state index in [1.807, 2.05) is 12.1 Å². The Labute approximate surface area is 128 Å². The molecule has 1 aliphatic rings. The van der Waals surface area contributed by atoms with Crippen molar-refractivity contribution in [3.63, 3.8) is 0 Å². The lowest BCUT2D eigenvalue weighted by Gasteiger charge is -2.31. The number of aryl methyl sites for hydroxylation is 1. The zero-order chi connectivity index (χ0) is 15.1. The summed E-state index contributed by atoms with van der Waals surface area (Å²) in [5.41, 5.74) is 1.38. The second-order valence-corrected chi connectivity index (χ2v) is 6.14. The first-order valence-electron chi connectivity index (χ1n) is 8.02. The van der Waals surface area contributed by atoms with E-state index in [1.165, 1.54) is 31.4 Å². The molecule has 3 heteroatoms. The molecule has 0 radical (unpaired) electrons. The van der Waals surface area contributed by atoms with Crippen LogP contribution in [-0.4, -0.2) is 37.4 Å². The van der Waals surface area contributed by atoms with Crippen molar-refractivity contribution in [3.8, 4) is 5.75 Å². The summed E-state index contributed by atoms with van der Waals surface area (Å²) in [7, 11) is 1.70. The number of ketones is 1. The standard InChI is InChI=1S/C18H27NO2/c1-15(20)14-17-9-12-19(13-10-17)11-3-4-16-5-7-18(21-2)8-6-16/h5-8,17H,3-4,9-14H2,1-2H3. The van der Waals surface area contributed by atoms with Gasteiger partial charge < -0.3 is 14.4 Å². The maximum Gasteiger partial charge on any atom is 0.130 e. The van der Waals surface area contributed by atoms with Crippen molar-refractivity contribution in [2.24, 2.45) is 5.92 Å². The quantitative estimate of drug-likeness (QED) is 0.771. The maximum atomic E-state index is 11.1. The number of nitrogens with zero attached hydrogens (tertiary/aromatic N) is 1. The summed E-state index contributed by atoms with van der Waals surface area (Å²) in [6, 6.07) is 8.36. The maximum absolute atomic E-state index is 11.1. The Morgan fingerprint density at radius 2 is 1.90 bits per heavy atom. The lowest BCUT2D eigenvalue weighted by Crippen LogP contribution is -2.35. The largest absolute Gasteiger partial charge is 0.497 e. The zero-order valence-corrected chi connectivity index (χ0v) is 13.3. The Hall–Kier alpha value is -1.35. The van der Waals surface area contributed by atoms with E-state index in [0.29, 0.717) is 11.7 Å². The molecule has 0 N–H and O–H groups in total. The summed E-state index contributed by atoms with van der Waals surface area (Å²) < 4.78 is 5.17. The van der Waals surface area contributed by atoms with Gasteiger partial charge in [0, 0.05) is 6.42 Å². The van der Waals surface area contributed by atoms with Crippen molar-refractivity contribution >= 4 is 5.78 Å². The van der Waals surface area contributed by atoms with Crippen LogP contribution in [0.25, 0.3) is 0 Å². The van der Waals surface area contributed by atoms with Crippen LogP contribution in [0.4, 0.5) is 0 Å². The number of Topliss-reactive ketones (excluding diaryl/α,β-unsaturated/α-hetero) is 1. The van der Waals surface area contributed by atoms with Crippen LogP contribution in [-0.2, 0) is 11.2 Å². The molecule has 2 rings (SSSR count). The molecule has 0 atom stereocenters. The highest BCUT2D eigenvalue weighted by molar-refractivity contribution is 5.75. The van der Waals surface area contributed by atoms with E-state index in [2.05, 4.69) is 17.0 Å². The molecule has 21 heavy (non-hydrogen) atoms. The second-order valence-electron chi connectivity index (χ2n) is 6.14. The zero-order valence-electron chi connectivity index (χ0n) is 13.3. The van der Waals surface area contributed by atoms with E-state index in [4.69, 9.17) is 4.74 Å². The number of ether oxygens (including phenoxy) is 1. The third-order valence-electron chi connectivity index (χ3n) is 4.38. The Morgan fingerprint density at radius 3 is 2.48 bits per heavy atom. The summed E-state index contributed by atoms with van der Waals surface area (Å²) >= 11 is 0. The van der Waals surface area contributed by atoms with Gasteiger partial charge in [0.2, 0.25) is 0 Å². The number of piperidine rings is 1. The first kappa shape index (κ1) is 16.0. The molecule has 1 fully saturated rings. The third kappa shape index (κ3) is 5.50. The molecule has 0 saturated carbocycles. The van der Waals surface area contributed by atoms with Crippen LogP contribution < -0.4 is 4.74 Å². The molecule has 0 aromatic heterocycles. The van der Waals surface area contributed by atoms with E-state index in [0.717, 1.165) is 31.7 Å². The lowest BCUT2D eigenvalue weighted by molar-refractivity contribution is -0.118. The first-order chi connectivity index (χ1) is 10.2. The van der Waals surface area contributed by atoms with Crippen LogP contribution in [0.2, 0.25) is 0 Å². The molecule has 0 unspecified atom stereocenters. The minimum atomic E-state index is 0.341. The molecule has 1 aromatic carbocycles. The van der Waals surface area contributed by atoms with Crippen molar-refractivity contribution in [1.82, 2.24) is 4.90 Å². The monoisotopic (exact) mass is 289 g/mol. The molecule has 0 amide bonds. The van der Waals surface area contributed by atoms with Crippen molar-refractivity contribution in [2.75, 3.05) is 26.7 Å². The molecule has 3 nitrogen and oxygen atoms in total. The number of hydrogen-bond donors (Lipinski definition) is 0. The summed E-state index contributed by atoms with van der Waals surface area (Å²) in [5, 5.41) is 0. The van der Waals surface area contributed by atoms with Crippen molar-refractivity contribution in [3.05, 3.63) is 29.8 Å². The Morgan fingerprint density at radius 1 is 1.24 bits per heavy atom. The van der Waals surface area contributed by atoms with Gasteiger partial charge in [-0.1, -0.05) is 12.1 Å². The van der Waals surface area contributed by atoms with Gasteiger partial charge in [-0.05, 0) is 75.9 Å². The van der Waals surface area contributed by atoms with Gasteiger partial charge in [-0.25, -0.2) is 0 Å². The topological polar surface area (TPSA) is 29.5 Å². The van der Waals surface area contributed by atoms with Crippen LogP contribution in [0.3, 0.4) is 0 Å². The Bertz CT molecular complexity index is 433. The minimum absolute atomic E-state index is 0.341. The second kappa shape index (κ2) is 8.18. The van der Waals surface area contributed by atoms with E-state index in [-0.39, 0.29) is 0 Å². The summed E-state index contributed by atoms with van der Waals surface area (Å²) in [4.78, 5) is 13.7. The van der Waals surface area contributed by atoms with Gasteiger partial charge in [-0.2, -0.15) is 0 Å². The van der Waals surface area contributed by atoms with E-state index < -0.39 is 0 Å². The van der Waals surface area contributed by atoms with E-state index >= 15 is 0 Å². The number of benzene rings is 1.